The minimum Gasteiger partial charge on any atom is -0.342 e. The van der Waals surface area contributed by atoms with E-state index in [1.54, 1.807) is 12.1 Å². The van der Waals surface area contributed by atoms with Crippen LogP contribution in [0.2, 0.25) is 5.02 Å². The molecule has 1 aromatic rings. The van der Waals surface area contributed by atoms with Crippen LogP contribution in [0.15, 0.2) is 29.4 Å². The second kappa shape index (κ2) is 4.98. The molecule has 96 valence electrons. The highest BCUT2D eigenvalue weighted by atomic mass is 35.5. The van der Waals surface area contributed by atoms with Crippen molar-refractivity contribution in [1.29, 1.82) is 0 Å². The van der Waals surface area contributed by atoms with Gasteiger partial charge in [-0.05, 0) is 30.2 Å². The molecule has 0 aromatic heterocycles. The molecule has 0 radical (unpaired) electrons. The van der Waals surface area contributed by atoms with Crippen LogP contribution in [0, 0.1) is 5.92 Å². The van der Waals surface area contributed by atoms with Gasteiger partial charge < -0.3 is 9.74 Å². The van der Waals surface area contributed by atoms with Gasteiger partial charge in [0.15, 0.2) is 5.84 Å². The average Bonchev–Trinajstić information content (AvgIpc) is 2.30. The summed E-state index contributed by atoms with van der Waals surface area (Å²) in [4.78, 5) is 18.4. The van der Waals surface area contributed by atoms with Crippen LogP contribution in [-0.2, 0) is 9.63 Å². The first-order valence-corrected chi connectivity index (χ1v) is 6.16. The number of carbonyl (C=O) groups is 1. The Morgan fingerprint density at radius 2 is 1.94 bits per heavy atom. The van der Waals surface area contributed by atoms with Crippen LogP contribution in [0.5, 0.6) is 0 Å². The SMILES string of the molecule is CC(C)C1C(=O)ON=C(c2ccc(Cl)cc2)N1C. The lowest BCUT2D eigenvalue weighted by molar-refractivity contribution is -0.152. The van der Waals surface area contributed by atoms with Crippen molar-refractivity contribution in [2.75, 3.05) is 7.05 Å². The molecule has 0 saturated heterocycles. The van der Waals surface area contributed by atoms with Gasteiger partial charge in [0, 0.05) is 17.6 Å². The van der Waals surface area contributed by atoms with Gasteiger partial charge in [-0.25, -0.2) is 4.79 Å². The van der Waals surface area contributed by atoms with Crippen molar-refractivity contribution in [2.24, 2.45) is 11.1 Å². The largest absolute Gasteiger partial charge is 0.357 e. The number of rotatable bonds is 2. The summed E-state index contributed by atoms with van der Waals surface area (Å²) in [6, 6.07) is 6.97. The molecule has 0 fully saturated rings. The Bertz CT molecular complexity index is 482. The fraction of sp³-hybridized carbons (Fsp3) is 0.385. The monoisotopic (exact) mass is 266 g/mol. The number of amidine groups is 1. The molecule has 18 heavy (non-hydrogen) atoms. The molecule has 1 atom stereocenters. The van der Waals surface area contributed by atoms with Gasteiger partial charge in [-0.2, -0.15) is 0 Å². The molecule has 5 heteroatoms. The van der Waals surface area contributed by atoms with E-state index in [0.29, 0.717) is 10.9 Å². The van der Waals surface area contributed by atoms with E-state index in [4.69, 9.17) is 16.4 Å². The third-order valence-corrected chi connectivity index (χ3v) is 3.20. The van der Waals surface area contributed by atoms with E-state index in [-0.39, 0.29) is 17.9 Å². The number of halogens is 1. The van der Waals surface area contributed by atoms with Gasteiger partial charge in [0.25, 0.3) is 0 Å². The van der Waals surface area contributed by atoms with Gasteiger partial charge in [0.1, 0.15) is 6.04 Å². The highest BCUT2D eigenvalue weighted by Gasteiger charge is 2.34. The van der Waals surface area contributed by atoms with Gasteiger partial charge in [-0.1, -0.05) is 30.6 Å². The number of benzene rings is 1. The standard InChI is InChI=1S/C13H15ClN2O2/c1-8(2)11-13(17)18-15-12(16(11)3)9-4-6-10(14)7-5-9/h4-8,11H,1-3H3. The van der Waals surface area contributed by atoms with E-state index in [2.05, 4.69) is 5.16 Å². The van der Waals surface area contributed by atoms with Crippen molar-refractivity contribution in [3.05, 3.63) is 34.9 Å². The Labute approximate surface area is 111 Å². The maximum Gasteiger partial charge on any atom is 0.357 e. The van der Waals surface area contributed by atoms with Crippen molar-refractivity contribution in [3.8, 4) is 0 Å². The van der Waals surface area contributed by atoms with Gasteiger partial charge in [0.2, 0.25) is 0 Å². The molecule has 0 spiro atoms. The summed E-state index contributed by atoms with van der Waals surface area (Å²) < 4.78 is 0. The number of nitrogens with zero attached hydrogens (tertiary/aromatic N) is 2. The van der Waals surface area contributed by atoms with Crippen LogP contribution in [0.4, 0.5) is 0 Å². The quantitative estimate of drug-likeness (QED) is 0.773. The van der Waals surface area contributed by atoms with Crippen molar-refractivity contribution in [2.45, 2.75) is 19.9 Å². The second-order valence-electron chi connectivity index (χ2n) is 4.63. The van der Waals surface area contributed by atoms with Gasteiger partial charge in [0.05, 0.1) is 0 Å². The maximum absolute atomic E-state index is 11.7. The minimum absolute atomic E-state index is 0.153. The van der Waals surface area contributed by atoms with Gasteiger partial charge in [-0.15, -0.1) is 0 Å². The molecule has 0 bridgehead atoms. The Morgan fingerprint density at radius 3 is 2.50 bits per heavy atom. The molecule has 1 aliphatic rings. The molecular weight excluding hydrogens is 252 g/mol. The predicted molar refractivity (Wildman–Crippen MR) is 70.5 cm³/mol. The highest BCUT2D eigenvalue weighted by molar-refractivity contribution is 6.30. The molecule has 4 nitrogen and oxygen atoms in total. The zero-order valence-corrected chi connectivity index (χ0v) is 11.3. The third kappa shape index (κ3) is 2.34. The number of likely N-dealkylation sites (N-methyl/N-ethyl adjacent to an activating group) is 1. The number of hydrogen-bond acceptors (Lipinski definition) is 4. The van der Waals surface area contributed by atoms with Gasteiger partial charge >= 0.3 is 5.97 Å². The van der Waals surface area contributed by atoms with Crippen LogP contribution in [0.1, 0.15) is 19.4 Å². The molecule has 1 heterocycles. The second-order valence-corrected chi connectivity index (χ2v) is 5.07. The third-order valence-electron chi connectivity index (χ3n) is 2.95. The summed E-state index contributed by atoms with van der Waals surface area (Å²) in [5.41, 5.74) is 0.875. The smallest absolute Gasteiger partial charge is 0.342 e. The average molecular weight is 267 g/mol. The first-order valence-electron chi connectivity index (χ1n) is 5.78. The Kier molecular flexibility index (Phi) is 3.57. The molecule has 2 rings (SSSR count). The molecule has 0 saturated carbocycles. The zero-order chi connectivity index (χ0) is 13.3. The lowest BCUT2D eigenvalue weighted by atomic mass is 10.0. The van der Waals surface area contributed by atoms with Crippen molar-refractivity contribution in [3.63, 3.8) is 0 Å². The highest BCUT2D eigenvalue weighted by Crippen LogP contribution is 2.20. The molecule has 0 aliphatic carbocycles. The van der Waals surface area contributed by atoms with Crippen molar-refractivity contribution in [1.82, 2.24) is 4.90 Å². The van der Waals surface area contributed by atoms with E-state index in [1.165, 1.54) is 0 Å². The summed E-state index contributed by atoms with van der Waals surface area (Å²) in [6.45, 7) is 3.96. The van der Waals surface area contributed by atoms with Crippen LogP contribution >= 0.6 is 11.6 Å². The number of hydrogen-bond donors (Lipinski definition) is 0. The van der Waals surface area contributed by atoms with Crippen LogP contribution in [-0.4, -0.2) is 29.8 Å². The summed E-state index contributed by atoms with van der Waals surface area (Å²) in [6.07, 6.45) is 0. The first-order chi connectivity index (χ1) is 8.50. The van der Waals surface area contributed by atoms with E-state index in [0.717, 1.165) is 5.56 Å². The summed E-state index contributed by atoms with van der Waals surface area (Å²) in [7, 11) is 1.85. The topological polar surface area (TPSA) is 41.9 Å². The van der Waals surface area contributed by atoms with Crippen molar-refractivity contribution >= 4 is 23.4 Å². The maximum atomic E-state index is 11.7. The first kappa shape index (κ1) is 12.9. The van der Waals surface area contributed by atoms with Crippen LogP contribution < -0.4 is 0 Å². The molecule has 0 N–H and O–H groups in total. The van der Waals surface area contributed by atoms with Crippen molar-refractivity contribution < 1.29 is 9.63 Å². The Hall–Kier alpha value is -1.55. The summed E-state index contributed by atoms with van der Waals surface area (Å²) >= 11 is 5.85. The Morgan fingerprint density at radius 1 is 1.33 bits per heavy atom. The Balaban J connectivity index is 2.34. The lowest BCUT2D eigenvalue weighted by Gasteiger charge is -2.33. The normalized spacial score (nSPS) is 19.8. The van der Waals surface area contributed by atoms with E-state index < -0.39 is 0 Å². The van der Waals surface area contributed by atoms with Crippen LogP contribution in [0.25, 0.3) is 0 Å². The van der Waals surface area contributed by atoms with E-state index in [1.807, 2.05) is 37.9 Å². The van der Waals surface area contributed by atoms with Crippen LogP contribution in [0.3, 0.4) is 0 Å². The lowest BCUT2D eigenvalue weighted by Crippen LogP contribution is -2.49. The summed E-state index contributed by atoms with van der Waals surface area (Å²) in [5.74, 6) is 0.482. The minimum atomic E-state index is -0.315. The molecule has 1 aliphatic heterocycles. The fourth-order valence-corrected chi connectivity index (χ4v) is 2.20. The number of oxime groups is 1. The summed E-state index contributed by atoms with van der Waals surface area (Å²) in [5, 5.41) is 4.54. The molecular formula is C13H15ClN2O2. The molecule has 1 aromatic carbocycles. The number of carbonyl (C=O) groups excluding carboxylic acids is 1. The zero-order valence-electron chi connectivity index (χ0n) is 10.6. The predicted octanol–water partition coefficient (Wildman–Crippen LogP) is 2.51. The molecule has 1 unspecified atom stereocenters. The van der Waals surface area contributed by atoms with Gasteiger partial charge in [-0.3, -0.25) is 0 Å². The fourth-order valence-electron chi connectivity index (χ4n) is 2.07. The van der Waals surface area contributed by atoms with E-state index >= 15 is 0 Å². The molecule has 0 amide bonds. The van der Waals surface area contributed by atoms with E-state index in [9.17, 15) is 4.79 Å².